The Morgan fingerprint density at radius 3 is 1.73 bits per heavy atom. The van der Waals surface area contributed by atoms with Crippen molar-refractivity contribution in [2.45, 2.75) is 58.3 Å². The molecule has 0 bridgehead atoms. The summed E-state index contributed by atoms with van der Waals surface area (Å²) in [6, 6.07) is 0. The van der Waals surface area contributed by atoms with Crippen LogP contribution in [0.3, 0.4) is 0 Å². The summed E-state index contributed by atoms with van der Waals surface area (Å²) in [4.78, 5) is 4.91. The summed E-state index contributed by atoms with van der Waals surface area (Å²) in [7, 11) is 0. The zero-order valence-corrected chi connectivity index (χ0v) is 9.60. The largest absolute Gasteiger partial charge is 0.257 e. The van der Waals surface area contributed by atoms with E-state index in [1.165, 1.54) is 62.8 Å². The lowest BCUT2D eigenvalue weighted by Gasteiger charge is -2.24. The summed E-state index contributed by atoms with van der Waals surface area (Å²) in [5.74, 6) is 0. The normalized spacial score (nSPS) is 19.5. The Hall–Kier alpha value is -0.850. The van der Waals surface area contributed by atoms with Gasteiger partial charge in [0.05, 0.1) is 0 Å². The molecule has 0 unspecified atom stereocenters. The first-order valence-electron chi connectivity index (χ1n) is 6.36. The summed E-state index contributed by atoms with van der Waals surface area (Å²) in [5.41, 5.74) is 7.65. The third kappa shape index (κ3) is 1.49. The van der Waals surface area contributed by atoms with Crippen molar-refractivity contribution in [1.29, 1.82) is 0 Å². The zero-order valence-electron chi connectivity index (χ0n) is 9.60. The van der Waals surface area contributed by atoms with E-state index in [4.69, 9.17) is 4.98 Å². The van der Waals surface area contributed by atoms with Crippen molar-refractivity contribution >= 4 is 0 Å². The highest BCUT2D eigenvalue weighted by Crippen LogP contribution is 2.30. The predicted molar refractivity (Wildman–Crippen MR) is 62.3 cm³/mol. The Labute approximate surface area is 91.9 Å². The molecule has 1 nitrogen and oxygen atoms in total. The van der Waals surface area contributed by atoms with Crippen LogP contribution >= 0.6 is 0 Å². The van der Waals surface area contributed by atoms with Crippen LogP contribution in [-0.4, -0.2) is 4.98 Å². The number of hydrogen-bond acceptors (Lipinski definition) is 1. The second kappa shape index (κ2) is 3.62. The summed E-state index contributed by atoms with van der Waals surface area (Å²) >= 11 is 0. The molecule has 15 heavy (non-hydrogen) atoms. The molecule has 0 amide bonds. The van der Waals surface area contributed by atoms with Crippen LogP contribution in [0.4, 0.5) is 0 Å². The fourth-order valence-electron chi connectivity index (χ4n) is 3.18. The number of pyridine rings is 1. The van der Waals surface area contributed by atoms with E-state index >= 15 is 0 Å². The molecule has 0 atom stereocenters. The van der Waals surface area contributed by atoms with Gasteiger partial charge in [-0.3, -0.25) is 4.98 Å². The minimum absolute atomic E-state index is 1.23. The van der Waals surface area contributed by atoms with E-state index in [0.29, 0.717) is 0 Å². The smallest absolute Gasteiger partial charge is 0.0441 e. The molecule has 0 saturated carbocycles. The van der Waals surface area contributed by atoms with Crippen molar-refractivity contribution in [2.75, 3.05) is 0 Å². The number of nitrogens with zero attached hydrogens (tertiary/aromatic N) is 1. The standard InChI is InChI=1S/C14H19N/c1-10-11-6-2-4-8-13(11)15-14-9-5-3-7-12(10)14/h2-9H2,1H3. The van der Waals surface area contributed by atoms with Gasteiger partial charge in [-0.1, -0.05) is 0 Å². The Bertz CT molecular complexity index is 359. The van der Waals surface area contributed by atoms with E-state index < -0.39 is 0 Å². The molecule has 0 saturated heterocycles. The highest BCUT2D eigenvalue weighted by atomic mass is 14.7. The lowest BCUT2D eigenvalue weighted by atomic mass is 9.85. The Morgan fingerprint density at radius 2 is 1.20 bits per heavy atom. The third-order valence-corrected chi connectivity index (χ3v) is 4.05. The second-order valence-corrected chi connectivity index (χ2v) is 5.00. The number of rotatable bonds is 0. The topological polar surface area (TPSA) is 12.9 Å². The van der Waals surface area contributed by atoms with E-state index in [1.54, 1.807) is 16.7 Å². The van der Waals surface area contributed by atoms with Gasteiger partial charge in [0.2, 0.25) is 0 Å². The number of hydrogen-bond donors (Lipinski definition) is 0. The van der Waals surface area contributed by atoms with Crippen molar-refractivity contribution in [1.82, 2.24) is 4.98 Å². The van der Waals surface area contributed by atoms with Gasteiger partial charge in [0, 0.05) is 11.4 Å². The average Bonchev–Trinajstić information content (AvgIpc) is 2.30. The molecule has 0 aromatic carbocycles. The zero-order chi connectivity index (χ0) is 10.3. The molecule has 1 aromatic heterocycles. The number of aromatic nitrogens is 1. The quantitative estimate of drug-likeness (QED) is 0.628. The van der Waals surface area contributed by atoms with Crippen molar-refractivity contribution < 1.29 is 0 Å². The maximum atomic E-state index is 4.91. The monoisotopic (exact) mass is 201 g/mol. The number of fused-ring (bicyclic) bond motifs is 2. The van der Waals surface area contributed by atoms with E-state index in [0.717, 1.165) is 0 Å². The van der Waals surface area contributed by atoms with E-state index in [2.05, 4.69) is 6.92 Å². The first-order valence-corrected chi connectivity index (χ1v) is 6.36. The Morgan fingerprint density at radius 1 is 0.733 bits per heavy atom. The highest BCUT2D eigenvalue weighted by Gasteiger charge is 2.20. The molecule has 1 heterocycles. The average molecular weight is 201 g/mol. The molecule has 1 heteroatoms. The van der Waals surface area contributed by atoms with Crippen LogP contribution < -0.4 is 0 Å². The van der Waals surface area contributed by atoms with E-state index in [1.807, 2.05) is 0 Å². The fourth-order valence-corrected chi connectivity index (χ4v) is 3.18. The molecule has 0 spiro atoms. The molecular weight excluding hydrogens is 182 g/mol. The summed E-state index contributed by atoms with van der Waals surface area (Å²) in [6.45, 7) is 2.33. The molecule has 0 fully saturated rings. The molecule has 2 aliphatic carbocycles. The maximum absolute atomic E-state index is 4.91. The number of aryl methyl sites for hydroxylation is 2. The van der Waals surface area contributed by atoms with Crippen LogP contribution in [0.5, 0.6) is 0 Å². The molecule has 0 radical (unpaired) electrons. The minimum Gasteiger partial charge on any atom is -0.257 e. The van der Waals surface area contributed by atoms with Gasteiger partial charge in [-0.2, -0.15) is 0 Å². The minimum atomic E-state index is 1.23. The Balaban J connectivity index is 2.16. The first-order chi connectivity index (χ1) is 7.36. The van der Waals surface area contributed by atoms with Crippen LogP contribution in [0, 0.1) is 6.92 Å². The molecule has 1 aromatic rings. The van der Waals surface area contributed by atoms with Crippen molar-refractivity contribution in [3.8, 4) is 0 Å². The Kier molecular flexibility index (Phi) is 2.27. The molecule has 2 aliphatic rings. The summed E-state index contributed by atoms with van der Waals surface area (Å²) in [5, 5.41) is 0. The second-order valence-electron chi connectivity index (χ2n) is 5.00. The van der Waals surface area contributed by atoms with Crippen LogP contribution in [0.2, 0.25) is 0 Å². The summed E-state index contributed by atoms with van der Waals surface area (Å²) < 4.78 is 0. The fraction of sp³-hybridized carbons (Fsp3) is 0.643. The lowest BCUT2D eigenvalue weighted by Crippen LogP contribution is -2.15. The first kappa shape index (κ1) is 9.38. The highest BCUT2D eigenvalue weighted by molar-refractivity contribution is 5.41. The van der Waals surface area contributed by atoms with Gasteiger partial charge in [0.1, 0.15) is 0 Å². The third-order valence-electron chi connectivity index (χ3n) is 4.05. The lowest BCUT2D eigenvalue weighted by molar-refractivity contribution is 0.621. The van der Waals surface area contributed by atoms with E-state index in [9.17, 15) is 0 Å². The predicted octanol–water partition coefficient (Wildman–Crippen LogP) is 3.15. The van der Waals surface area contributed by atoms with E-state index in [-0.39, 0.29) is 0 Å². The van der Waals surface area contributed by atoms with Gasteiger partial charge in [0.25, 0.3) is 0 Å². The van der Waals surface area contributed by atoms with Crippen LogP contribution in [0.15, 0.2) is 0 Å². The van der Waals surface area contributed by atoms with Crippen LogP contribution in [0.1, 0.15) is 53.8 Å². The van der Waals surface area contributed by atoms with Crippen LogP contribution in [0.25, 0.3) is 0 Å². The van der Waals surface area contributed by atoms with Crippen molar-refractivity contribution in [3.05, 3.63) is 28.1 Å². The molecular formula is C14H19N. The molecule has 0 aliphatic heterocycles. The summed E-state index contributed by atoms with van der Waals surface area (Å²) in [6.07, 6.45) is 10.4. The van der Waals surface area contributed by atoms with Gasteiger partial charge in [-0.15, -0.1) is 0 Å². The van der Waals surface area contributed by atoms with Crippen molar-refractivity contribution in [2.24, 2.45) is 0 Å². The molecule has 0 N–H and O–H groups in total. The van der Waals surface area contributed by atoms with Crippen molar-refractivity contribution in [3.63, 3.8) is 0 Å². The van der Waals surface area contributed by atoms with Gasteiger partial charge in [-0.05, 0) is 75.0 Å². The van der Waals surface area contributed by atoms with Crippen LogP contribution in [-0.2, 0) is 25.7 Å². The SMILES string of the molecule is Cc1c2c(nc3c1CCCC3)CCCC2. The maximum Gasteiger partial charge on any atom is 0.0441 e. The van der Waals surface area contributed by atoms with Gasteiger partial charge in [0.15, 0.2) is 0 Å². The van der Waals surface area contributed by atoms with Gasteiger partial charge >= 0.3 is 0 Å². The van der Waals surface area contributed by atoms with Gasteiger partial charge < -0.3 is 0 Å². The van der Waals surface area contributed by atoms with Gasteiger partial charge in [-0.25, -0.2) is 0 Å². The molecule has 80 valence electrons. The molecule has 3 rings (SSSR count).